The highest BCUT2D eigenvalue weighted by Crippen LogP contribution is 2.31. The second-order valence-electron chi connectivity index (χ2n) is 4.24. The normalized spacial score (nSPS) is 10.2. The van der Waals surface area contributed by atoms with Gasteiger partial charge in [-0.3, -0.25) is 9.59 Å². The maximum absolute atomic E-state index is 11.7. The minimum atomic E-state index is -0.0700. The Balaban J connectivity index is 3.27. The second-order valence-corrected chi connectivity index (χ2v) is 5.20. The standard InChI is InChI=1S/C13H17NO2S/c1-8-6-11(7-15)12(10(3)9(8)2)17-13(16)14(4)5/h6-7H,1-5H3. The van der Waals surface area contributed by atoms with Gasteiger partial charge in [0.25, 0.3) is 5.24 Å². The molecule has 0 aliphatic rings. The van der Waals surface area contributed by atoms with Gasteiger partial charge in [-0.1, -0.05) is 0 Å². The van der Waals surface area contributed by atoms with Gasteiger partial charge >= 0.3 is 0 Å². The molecule has 0 unspecified atom stereocenters. The van der Waals surface area contributed by atoms with Crippen LogP contribution in [0.5, 0.6) is 0 Å². The number of benzene rings is 1. The van der Waals surface area contributed by atoms with Crippen molar-refractivity contribution in [2.24, 2.45) is 0 Å². The van der Waals surface area contributed by atoms with Gasteiger partial charge in [-0.15, -0.1) is 0 Å². The van der Waals surface area contributed by atoms with E-state index < -0.39 is 0 Å². The quantitative estimate of drug-likeness (QED) is 0.598. The Hall–Kier alpha value is -1.29. The van der Waals surface area contributed by atoms with E-state index in [4.69, 9.17) is 0 Å². The van der Waals surface area contributed by atoms with Crippen molar-refractivity contribution >= 4 is 23.3 Å². The van der Waals surface area contributed by atoms with E-state index in [0.717, 1.165) is 39.6 Å². The Morgan fingerprint density at radius 1 is 1.24 bits per heavy atom. The maximum atomic E-state index is 11.7. The van der Waals surface area contributed by atoms with E-state index in [1.165, 1.54) is 4.90 Å². The number of hydrogen-bond donors (Lipinski definition) is 0. The van der Waals surface area contributed by atoms with Crippen molar-refractivity contribution in [2.75, 3.05) is 14.1 Å². The van der Waals surface area contributed by atoms with Crippen LogP contribution in [0, 0.1) is 20.8 Å². The Kier molecular flexibility index (Phi) is 4.34. The van der Waals surface area contributed by atoms with Crippen molar-refractivity contribution in [1.82, 2.24) is 4.90 Å². The first-order valence-corrected chi connectivity index (χ1v) is 6.15. The first kappa shape index (κ1) is 13.8. The van der Waals surface area contributed by atoms with E-state index in [2.05, 4.69) is 0 Å². The van der Waals surface area contributed by atoms with Crippen molar-refractivity contribution in [3.05, 3.63) is 28.3 Å². The van der Waals surface area contributed by atoms with Crippen LogP contribution >= 0.6 is 11.8 Å². The lowest BCUT2D eigenvalue weighted by molar-refractivity contribution is 0.112. The zero-order valence-electron chi connectivity index (χ0n) is 10.8. The number of aryl methyl sites for hydroxylation is 1. The summed E-state index contributed by atoms with van der Waals surface area (Å²) in [4.78, 5) is 25.0. The van der Waals surface area contributed by atoms with Gasteiger partial charge in [-0.2, -0.15) is 0 Å². The number of hydrogen-bond acceptors (Lipinski definition) is 3. The third kappa shape index (κ3) is 2.88. The molecule has 0 N–H and O–H groups in total. The summed E-state index contributed by atoms with van der Waals surface area (Å²) < 4.78 is 0. The topological polar surface area (TPSA) is 37.4 Å². The van der Waals surface area contributed by atoms with Crippen LogP contribution in [0.2, 0.25) is 0 Å². The fraction of sp³-hybridized carbons (Fsp3) is 0.385. The first-order valence-electron chi connectivity index (χ1n) is 5.33. The van der Waals surface area contributed by atoms with Crippen LogP contribution < -0.4 is 0 Å². The number of carbonyl (C=O) groups is 2. The zero-order valence-corrected chi connectivity index (χ0v) is 11.6. The molecule has 0 heterocycles. The van der Waals surface area contributed by atoms with Crippen LogP contribution in [0.4, 0.5) is 4.79 Å². The van der Waals surface area contributed by atoms with Gasteiger partial charge in [0.2, 0.25) is 0 Å². The van der Waals surface area contributed by atoms with Crippen LogP contribution in [-0.4, -0.2) is 30.5 Å². The van der Waals surface area contributed by atoms with Crippen LogP contribution in [0.1, 0.15) is 27.0 Å². The Bertz CT molecular complexity index is 467. The summed E-state index contributed by atoms with van der Waals surface area (Å²) in [6.07, 6.45) is 0.810. The summed E-state index contributed by atoms with van der Waals surface area (Å²) in [6, 6.07) is 1.83. The Morgan fingerprint density at radius 2 is 1.82 bits per heavy atom. The minimum Gasteiger partial charge on any atom is -0.339 e. The van der Waals surface area contributed by atoms with E-state index in [-0.39, 0.29) is 5.24 Å². The van der Waals surface area contributed by atoms with Crippen molar-refractivity contribution in [3.63, 3.8) is 0 Å². The molecule has 0 radical (unpaired) electrons. The lowest BCUT2D eigenvalue weighted by Gasteiger charge is -2.15. The molecule has 0 aromatic heterocycles. The van der Waals surface area contributed by atoms with Gasteiger partial charge in [0.05, 0.1) is 0 Å². The third-order valence-corrected chi connectivity index (χ3v) is 4.10. The van der Waals surface area contributed by atoms with E-state index >= 15 is 0 Å². The molecule has 1 rings (SSSR count). The molecule has 0 saturated carbocycles. The van der Waals surface area contributed by atoms with Gasteiger partial charge in [0.1, 0.15) is 0 Å². The first-order chi connectivity index (χ1) is 7.88. The molecule has 0 aliphatic heterocycles. The SMILES string of the molecule is Cc1cc(C=O)c(SC(=O)N(C)C)c(C)c1C. The van der Waals surface area contributed by atoms with Gasteiger partial charge in [0, 0.05) is 24.6 Å². The molecule has 1 aromatic rings. The van der Waals surface area contributed by atoms with Crippen molar-refractivity contribution in [3.8, 4) is 0 Å². The van der Waals surface area contributed by atoms with Crippen molar-refractivity contribution in [2.45, 2.75) is 25.7 Å². The smallest absolute Gasteiger partial charge is 0.285 e. The molecule has 4 heteroatoms. The van der Waals surface area contributed by atoms with Crippen LogP contribution in [-0.2, 0) is 0 Å². The summed E-state index contributed by atoms with van der Waals surface area (Å²) in [6.45, 7) is 5.92. The summed E-state index contributed by atoms with van der Waals surface area (Å²) >= 11 is 1.11. The van der Waals surface area contributed by atoms with Gasteiger partial charge in [0.15, 0.2) is 6.29 Å². The molecule has 1 aromatic carbocycles. The minimum absolute atomic E-state index is 0.0700. The molecular weight excluding hydrogens is 234 g/mol. The number of aldehydes is 1. The molecular formula is C13H17NO2S. The van der Waals surface area contributed by atoms with Gasteiger partial charge < -0.3 is 4.90 Å². The summed E-state index contributed by atoms with van der Waals surface area (Å²) in [7, 11) is 3.40. The molecule has 92 valence electrons. The molecule has 17 heavy (non-hydrogen) atoms. The fourth-order valence-corrected chi connectivity index (χ4v) is 2.38. The van der Waals surface area contributed by atoms with Crippen molar-refractivity contribution < 1.29 is 9.59 Å². The molecule has 0 fully saturated rings. The number of nitrogens with zero attached hydrogens (tertiary/aromatic N) is 1. The van der Waals surface area contributed by atoms with E-state index in [9.17, 15) is 9.59 Å². The lowest BCUT2D eigenvalue weighted by Crippen LogP contribution is -2.16. The Morgan fingerprint density at radius 3 is 2.29 bits per heavy atom. The van der Waals surface area contributed by atoms with E-state index in [1.54, 1.807) is 14.1 Å². The van der Waals surface area contributed by atoms with Crippen LogP contribution in [0.3, 0.4) is 0 Å². The molecule has 0 bridgehead atoms. The zero-order chi connectivity index (χ0) is 13.2. The van der Waals surface area contributed by atoms with E-state index in [0.29, 0.717) is 5.56 Å². The molecule has 0 aliphatic carbocycles. The molecule has 1 amide bonds. The van der Waals surface area contributed by atoms with Crippen LogP contribution in [0.25, 0.3) is 0 Å². The monoisotopic (exact) mass is 251 g/mol. The average Bonchev–Trinajstić information content (AvgIpc) is 2.29. The number of amides is 1. The third-order valence-electron chi connectivity index (χ3n) is 2.81. The molecule has 0 atom stereocenters. The summed E-state index contributed by atoms with van der Waals surface area (Å²) in [5.41, 5.74) is 3.80. The molecule has 0 saturated heterocycles. The number of rotatable bonds is 2. The fourth-order valence-electron chi connectivity index (χ4n) is 1.49. The predicted molar refractivity (Wildman–Crippen MR) is 71.0 cm³/mol. The number of carbonyl (C=O) groups excluding carboxylic acids is 2. The summed E-state index contributed by atoms with van der Waals surface area (Å²) in [5.74, 6) is 0. The highest BCUT2D eigenvalue weighted by atomic mass is 32.2. The highest BCUT2D eigenvalue weighted by Gasteiger charge is 2.15. The lowest BCUT2D eigenvalue weighted by atomic mass is 10.0. The van der Waals surface area contributed by atoms with Crippen molar-refractivity contribution in [1.29, 1.82) is 0 Å². The maximum Gasteiger partial charge on any atom is 0.285 e. The van der Waals surface area contributed by atoms with Crippen LogP contribution in [0.15, 0.2) is 11.0 Å². The molecule has 0 spiro atoms. The number of thioether (sulfide) groups is 1. The summed E-state index contributed by atoms with van der Waals surface area (Å²) in [5, 5.41) is -0.0700. The second kappa shape index (κ2) is 5.36. The predicted octanol–water partition coefficient (Wildman–Crippen LogP) is 3.20. The van der Waals surface area contributed by atoms with E-state index in [1.807, 2.05) is 26.8 Å². The molecule has 3 nitrogen and oxygen atoms in total. The Labute approximate surface area is 106 Å². The average molecular weight is 251 g/mol. The van der Waals surface area contributed by atoms with Gasteiger partial charge in [-0.05, 0) is 55.3 Å². The highest BCUT2D eigenvalue weighted by molar-refractivity contribution is 8.13. The van der Waals surface area contributed by atoms with Gasteiger partial charge in [-0.25, -0.2) is 0 Å². The largest absolute Gasteiger partial charge is 0.339 e.